The van der Waals surface area contributed by atoms with Crippen molar-refractivity contribution >= 4 is 37.0 Å². The Morgan fingerprint density at radius 2 is 2.15 bits per heavy atom. The average Bonchev–Trinajstić information content (AvgIpc) is 3.22. The smallest absolute Gasteiger partial charge is 0.271 e. The fourth-order valence-corrected chi connectivity index (χ4v) is 5.35. The van der Waals surface area contributed by atoms with E-state index in [1.165, 1.54) is 25.7 Å². The highest BCUT2D eigenvalue weighted by atomic mass is 35.7. The SMILES string of the molecule is Cc1c(C(=O)NCC2(C3CC3)CC2)csc1S(=O)(=O)Cl. The zero-order valence-corrected chi connectivity index (χ0v) is 13.5. The summed E-state index contributed by atoms with van der Waals surface area (Å²) in [6.07, 6.45) is 4.95. The second-order valence-corrected chi connectivity index (χ2v) is 9.46. The summed E-state index contributed by atoms with van der Waals surface area (Å²) in [6, 6.07) is 0. The first-order valence-corrected chi connectivity index (χ1v) is 9.83. The van der Waals surface area contributed by atoms with Gasteiger partial charge in [-0.15, -0.1) is 11.3 Å². The number of carbonyl (C=O) groups is 1. The predicted octanol–water partition coefficient (Wildman–Crippen LogP) is 2.90. The van der Waals surface area contributed by atoms with E-state index in [1.807, 2.05) is 0 Å². The van der Waals surface area contributed by atoms with Gasteiger partial charge >= 0.3 is 0 Å². The molecule has 2 aliphatic carbocycles. The van der Waals surface area contributed by atoms with E-state index in [2.05, 4.69) is 5.32 Å². The Balaban J connectivity index is 1.70. The quantitative estimate of drug-likeness (QED) is 0.843. The van der Waals surface area contributed by atoms with Gasteiger partial charge in [-0.2, -0.15) is 0 Å². The lowest BCUT2D eigenvalue weighted by molar-refractivity contribution is 0.0942. The van der Waals surface area contributed by atoms with Crippen molar-refractivity contribution in [2.75, 3.05) is 6.54 Å². The van der Waals surface area contributed by atoms with E-state index in [0.29, 0.717) is 23.1 Å². The van der Waals surface area contributed by atoms with Gasteiger partial charge in [0, 0.05) is 22.6 Å². The van der Waals surface area contributed by atoms with Gasteiger partial charge in [-0.3, -0.25) is 4.79 Å². The minimum atomic E-state index is -3.77. The molecule has 1 amide bonds. The Hall–Kier alpha value is -0.590. The van der Waals surface area contributed by atoms with Gasteiger partial charge in [0.2, 0.25) is 0 Å². The van der Waals surface area contributed by atoms with Crippen LogP contribution in [0.25, 0.3) is 0 Å². The molecule has 20 heavy (non-hydrogen) atoms. The Bertz CT molecular complexity index is 657. The van der Waals surface area contributed by atoms with Gasteiger partial charge in [-0.05, 0) is 49.5 Å². The van der Waals surface area contributed by atoms with Crippen LogP contribution in [0.4, 0.5) is 0 Å². The van der Waals surface area contributed by atoms with Crippen molar-refractivity contribution in [1.82, 2.24) is 5.32 Å². The fourth-order valence-electron chi connectivity index (χ4n) is 2.80. The van der Waals surface area contributed by atoms with Crippen molar-refractivity contribution in [3.63, 3.8) is 0 Å². The van der Waals surface area contributed by atoms with Crippen LogP contribution >= 0.6 is 22.0 Å². The number of hydrogen-bond donors (Lipinski definition) is 1. The first-order valence-electron chi connectivity index (χ1n) is 6.64. The van der Waals surface area contributed by atoms with Gasteiger partial charge in [0.1, 0.15) is 4.21 Å². The van der Waals surface area contributed by atoms with Crippen molar-refractivity contribution in [2.45, 2.75) is 36.8 Å². The minimum absolute atomic E-state index is 0.0626. The Morgan fingerprint density at radius 3 is 2.60 bits per heavy atom. The first-order chi connectivity index (χ1) is 9.33. The lowest BCUT2D eigenvalue weighted by atomic mass is 10.0. The molecule has 110 valence electrons. The number of carbonyl (C=O) groups excluding carboxylic acids is 1. The van der Waals surface area contributed by atoms with E-state index in [0.717, 1.165) is 17.3 Å². The molecule has 7 heteroatoms. The summed E-state index contributed by atoms with van der Waals surface area (Å²) in [4.78, 5) is 12.2. The van der Waals surface area contributed by atoms with Crippen molar-refractivity contribution in [3.8, 4) is 0 Å². The predicted molar refractivity (Wildman–Crippen MR) is 78.8 cm³/mol. The zero-order valence-electron chi connectivity index (χ0n) is 11.1. The molecular formula is C13H16ClNO3S2. The van der Waals surface area contributed by atoms with Crippen LogP contribution < -0.4 is 5.32 Å². The highest BCUT2D eigenvalue weighted by molar-refractivity contribution is 8.15. The lowest BCUT2D eigenvalue weighted by Gasteiger charge is -2.14. The molecule has 4 nitrogen and oxygen atoms in total. The number of rotatable bonds is 5. The van der Waals surface area contributed by atoms with Crippen LogP contribution in [0.2, 0.25) is 0 Å². The maximum atomic E-state index is 12.2. The number of halogens is 1. The maximum Gasteiger partial charge on any atom is 0.271 e. The van der Waals surface area contributed by atoms with Gasteiger partial charge in [-0.25, -0.2) is 8.42 Å². The van der Waals surface area contributed by atoms with Gasteiger partial charge in [0.15, 0.2) is 0 Å². The summed E-state index contributed by atoms with van der Waals surface area (Å²) in [5.74, 6) is 0.586. The van der Waals surface area contributed by atoms with E-state index in [-0.39, 0.29) is 10.1 Å². The summed E-state index contributed by atoms with van der Waals surface area (Å²) in [5.41, 5.74) is 1.20. The standard InChI is InChI=1S/C13H16ClNO3S2/c1-8-10(6-19-12(8)20(14,17)18)11(16)15-7-13(4-5-13)9-2-3-9/h6,9H,2-5,7H2,1H3,(H,15,16). The van der Waals surface area contributed by atoms with Gasteiger partial charge in [0.25, 0.3) is 15.0 Å². The molecule has 0 bridgehead atoms. The van der Waals surface area contributed by atoms with Crippen LogP contribution in [0.15, 0.2) is 9.59 Å². The molecule has 0 spiro atoms. The third-order valence-electron chi connectivity index (χ3n) is 4.40. The molecule has 0 atom stereocenters. The van der Waals surface area contributed by atoms with E-state index >= 15 is 0 Å². The van der Waals surface area contributed by atoms with Crippen LogP contribution in [0.5, 0.6) is 0 Å². The van der Waals surface area contributed by atoms with Gasteiger partial charge in [0.05, 0.1) is 5.56 Å². The number of nitrogens with one attached hydrogen (secondary N) is 1. The Labute approximate surface area is 126 Å². The molecule has 0 aromatic carbocycles. The molecular weight excluding hydrogens is 318 g/mol. The van der Waals surface area contributed by atoms with Crippen molar-refractivity contribution in [1.29, 1.82) is 0 Å². The second kappa shape index (κ2) is 4.71. The number of thiophene rings is 1. The summed E-state index contributed by atoms with van der Waals surface area (Å²) < 4.78 is 22.8. The van der Waals surface area contributed by atoms with Crippen LogP contribution in [-0.2, 0) is 9.05 Å². The fraction of sp³-hybridized carbons (Fsp3) is 0.615. The van der Waals surface area contributed by atoms with E-state index in [1.54, 1.807) is 12.3 Å². The van der Waals surface area contributed by atoms with E-state index in [9.17, 15) is 13.2 Å². The topological polar surface area (TPSA) is 63.2 Å². The van der Waals surface area contributed by atoms with Gasteiger partial charge in [-0.1, -0.05) is 0 Å². The third-order valence-corrected chi connectivity index (χ3v) is 7.70. The highest BCUT2D eigenvalue weighted by Crippen LogP contribution is 2.60. The third kappa shape index (κ3) is 2.61. The Morgan fingerprint density at radius 1 is 1.50 bits per heavy atom. The monoisotopic (exact) mass is 333 g/mol. The molecule has 0 radical (unpaired) electrons. The van der Waals surface area contributed by atoms with Crippen molar-refractivity contribution in [2.24, 2.45) is 11.3 Å². The molecule has 1 N–H and O–H groups in total. The van der Waals surface area contributed by atoms with Gasteiger partial charge < -0.3 is 5.32 Å². The Kier molecular flexibility index (Phi) is 3.38. The summed E-state index contributed by atoms with van der Waals surface area (Å²) >= 11 is 0.998. The molecule has 1 aromatic rings. The minimum Gasteiger partial charge on any atom is -0.351 e. The molecule has 2 fully saturated rings. The van der Waals surface area contributed by atoms with Crippen LogP contribution in [-0.4, -0.2) is 20.9 Å². The lowest BCUT2D eigenvalue weighted by Crippen LogP contribution is -2.31. The highest BCUT2D eigenvalue weighted by Gasteiger charge is 2.53. The first kappa shape index (κ1) is 14.4. The molecule has 2 aliphatic rings. The largest absolute Gasteiger partial charge is 0.351 e. The molecule has 2 saturated carbocycles. The van der Waals surface area contributed by atoms with E-state index < -0.39 is 9.05 Å². The molecule has 0 unspecified atom stereocenters. The molecule has 1 heterocycles. The molecule has 3 rings (SSSR count). The van der Waals surface area contributed by atoms with E-state index in [4.69, 9.17) is 10.7 Å². The zero-order chi connectivity index (χ0) is 14.5. The van der Waals surface area contributed by atoms with Crippen LogP contribution in [0.1, 0.15) is 41.6 Å². The number of amides is 1. The molecule has 0 saturated heterocycles. The summed E-state index contributed by atoms with van der Waals surface area (Å²) in [5, 5.41) is 4.52. The normalized spacial score (nSPS) is 20.7. The van der Waals surface area contributed by atoms with Crippen LogP contribution in [0, 0.1) is 18.3 Å². The molecule has 0 aliphatic heterocycles. The van der Waals surface area contributed by atoms with Crippen molar-refractivity contribution < 1.29 is 13.2 Å². The molecule has 1 aromatic heterocycles. The maximum absolute atomic E-state index is 12.2. The number of hydrogen-bond acceptors (Lipinski definition) is 4. The van der Waals surface area contributed by atoms with Crippen molar-refractivity contribution in [3.05, 3.63) is 16.5 Å². The van der Waals surface area contributed by atoms with Crippen LogP contribution in [0.3, 0.4) is 0 Å². The second-order valence-electron chi connectivity index (χ2n) is 5.82. The summed E-state index contributed by atoms with van der Waals surface area (Å²) in [6.45, 7) is 2.32. The summed E-state index contributed by atoms with van der Waals surface area (Å²) in [7, 11) is 1.57. The average molecular weight is 334 g/mol.